The molecule has 3 atom stereocenters. The van der Waals surface area contributed by atoms with E-state index >= 15 is 4.39 Å². The number of hydrogen-bond donors (Lipinski definition) is 2. The van der Waals surface area contributed by atoms with Gasteiger partial charge in [0.1, 0.15) is 29.8 Å². The van der Waals surface area contributed by atoms with Crippen molar-refractivity contribution in [3.63, 3.8) is 0 Å². The summed E-state index contributed by atoms with van der Waals surface area (Å²) < 4.78 is 43.4. The van der Waals surface area contributed by atoms with E-state index in [0.717, 1.165) is 32.2 Å². The van der Waals surface area contributed by atoms with Gasteiger partial charge in [0.2, 0.25) is 0 Å². The molecule has 0 aliphatic carbocycles. The highest BCUT2D eigenvalue weighted by Crippen LogP contribution is 2.42. The van der Waals surface area contributed by atoms with Crippen LogP contribution in [0.25, 0.3) is 39.1 Å². The molecular formula is C33H35ClF2N8O3. The molecule has 0 radical (unpaired) electrons. The zero-order valence-corrected chi connectivity index (χ0v) is 26.7. The highest BCUT2D eigenvalue weighted by atomic mass is 35.5. The Bertz CT molecular complexity index is 1920. The van der Waals surface area contributed by atoms with Crippen molar-refractivity contribution in [3.05, 3.63) is 40.9 Å². The fourth-order valence-electron chi connectivity index (χ4n) is 7.87. The first-order chi connectivity index (χ1) is 22.7. The standard InChI is InChI=1S/C33H35ClF2N8O3/c1-32-7-4-9-43(17-32)29-22-14-37-28(25-20(6-2-3-11-46-31(45)41-32)23(34)12-24-21(25)15-38-42-24)26(36)27(22)39-30(40-29)47-18-33-8-5-10-44(33)16-19(35)13-33/h2,6,12,14-15,19H,3-5,7-11,13,16-18H2,1H3,(H,38,42)(H,41,45)/b6-2-/t19-,32-,33+/m1/s1. The summed E-state index contributed by atoms with van der Waals surface area (Å²) in [6, 6.07) is 1.74. The van der Waals surface area contributed by atoms with Crippen LogP contribution in [0.4, 0.5) is 19.4 Å². The minimum Gasteiger partial charge on any atom is -0.461 e. The maximum atomic E-state index is 17.0. The van der Waals surface area contributed by atoms with Gasteiger partial charge in [0.05, 0.1) is 39.8 Å². The lowest BCUT2D eigenvalue weighted by Crippen LogP contribution is -2.57. The van der Waals surface area contributed by atoms with Crippen LogP contribution in [0.1, 0.15) is 51.0 Å². The summed E-state index contributed by atoms with van der Waals surface area (Å²) in [4.78, 5) is 31.1. The van der Waals surface area contributed by atoms with Crippen molar-refractivity contribution in [1.29, 1.82) is 0 Å². The Morgan fingerprint density at radius 1 is 1.19 bits per heavy atom. The van der Waals surface area contributed by atoms with Gasteiger partial charge in [-0.15, -0.1) is 0 Å². The fraction of sp³-hybridized carbons (Fsp3) is 0.485. The number of anilines is 1. The lowest BCUT2D eigenvalue weighted by atomic mass is 9.91. The second kappa shape index (κ2) is 11.6. The maximum Gasteiger partial charge on any atom is 0.407 e. The smallest absolute Gasteiger partial charge is 0.407 e. The molecule has 1 amide bonds. The Morgan fingerprint density at radius 2 is 2.06 bits per heavy atom. The average Bonchev–Trinajstić information content (AvgIpc) is 3.73. The zero-order chi connectivity index (χ0) is 32.3. The number of fused-ring (bicyclic) bond motifs is 8. The van der Waals surface area contributed by atoms with E-state index < -0.39 is 29.2 Å². The molecule has 4 aromatic rings. The molecule has 3 saturated heterocycles. The monoisotopic (exact) mass is 664 g/mol. The number of pyridine rings is 1. The van der Waals surface area contributed by atoms with Crippen molar-refractivity contribution in [3.8, 4) is 17.3 Å². The molecular weight excluding hydrogens is 630 g/mol. The Balaban J connectivity index is 1.31. The summed E-state index contributed by atoms with van der Waals surface area (Å²) in [6.45, 7) is 4.52. The minimum atomic E-state index is -0.917. The van der Waals surface area contributed by atoms with E-state index in [0.29, 0.717) is 70.7 Å². The van der Waals surface area contributed by atoms with Crippen molar-refractivity contribution in [2.24, 2.45) is 0 Å². The molecule has 47 heavy (non-hydrogen) atoms. The first-order valence-electron chi connectivity index (χ1n) is 16.1. The molecule has 3 fully saturated rings. The molecule has 0 unspecified atom stereocenters. The molecule has 2 N–H and O–H groups in total. The van der Waals surface area contributed by atoms with E-state index in [1.54, 1.807) is 24.5 Å². The van der Waals surface area contributed by atoms with Crippen molar-refractivity contribution < 1.29 is 23.0 Å². The third kappa shape index (κ3) is 5.33. The van der Waals surface area contributed by atoms with Crippen LogP contribution in [-0.2, 0) is 4.74 Å². The summed E-state index contributed by atoms with van der Waals surface area (Å²) >= 11 is 6.76. The molecule has 0 saturated carbocycles. The molecule has 1 aromatic carbocycles. The third-order valence-electron chi connectivity index (χ3n) is 10.0. The summed E-state index contributed by atoms with van der Waals surface area (Å²) in [5, 5.41) is 11.5. The molecule has 246 valence electrons. The van der Waals surface area contributed by atoms with E-state index in [2.05, 4.69) is 30.4 Å². The number of aromatic nitrogens is 5. The van der Waals surface area contributed by atoms with Crippen molar-refractivity contribution in [2.75, 3.05) is 44.3 Å². The minimum absolute atomic E-state index is 0.00400. The maximum absolute atomic E-state index is 17.0. The second-order valence-electron chi connectivity index (χ2n) is 13.4. The normalized spacial score (nSPS) is 27.1. The second-order valence-corrected chi connectivity index (χ2v) is 13.8. The number of carbonyl (C=O) groups excluding carboxylic acids is 1. The number of ether oxygens (including phenoxy) is 2. The fourth-order valence-corrected chi connectivity index (χ4v) is 8.13. The van der Waals surface area contributed by atoms with Gasteiger partial charge in [-0.3, -0.25) is 15.0 Å². The van der Waals surface area contributed by atoms with Gasteiger partial charge >= 0.3 is 12.1 Å². The number of carbonyl (C=O) groups is 1. The predicted octanol–water partition coefficient (Wildman–Crippen LogP) is 5.82. The number of halogens is 3. The van der Waals surface area contributed by atoms with Gasteiger partial charge in [0, 0.05) is 48.8 Å². The van der Waals surface area contributed by atoms with Crippen LogP contribution in [-0.4, -0.2) is 92.8 Å². The molecule has 5 aliphatic rings. The van der Waals surface area contributed by atoms with Crippen molar-refractivity contribution in [1.82, 2.24) is 35.4 Å². The highest BCUT2D eigenvalue weighted by Gasteiger charge is 2.49. The Kier molecular flexibility index (Phi) is 7.43. The predicted molar refractivity (Wildman–Crippen MR) is 174 cm³/mol. The molecule has 0 spiro atoms. The Labute approximate surface area is 274 Å². The number of nitrogens with zero attached hydrogens (tertiary/aromatic N) is 6. The van der Waals surface area contributed by atoms with Crippen molar-refractivity contribution in [2.45, 2.75) is 62.7 Å². The number of piperidine rings is 1. The van der Waals surface area contributed by atoms with Gasteiger partial charge in [0.25, 0.3) is 0 Å². The largest absolute Gasteiger partial charge is 0.461 e. The summed E-state index contributed by atoms with van der Waals surface area (Å²) in [5.41, 5.74) is 0.643. The van der Waals surface area contributed by atoms with E-state index in [9.17, 15) is 9.18 Å². The van der Waals surface area contributed by atoms with Gasteiger partial charge in [-0.1, -0.05) is 23.8 Å². The number of amides is 1. The Morgan fingerprint density at radius 3 is 2.96 bits per heavy atom. The number of aromatic amines is 1. The van der Waals surface area contributed by atoms with Gasteiger partial charge in [-0.05, 0) is 51.6 Å². The third-order valence-corrected chi connectivity index (χ3v) is 10.4. The van der Waals surface area contributed by atoms with Gasteiger partial charge in [-0.25, -0.2) is 13.6 Å². The van der Waals surface area contributed by atoms with Crippen LogP contribution in [0.2, 0.25) is 5.02 Å². The number of benzene rings is 1. The van der Waals surface area contributed by atoms with E-state index in [-0.39, 0.29) is 30.4 Å². The lowest BCUT2D eigenvalue weighted by Gasteiger charge is -2.41. The first kappa shape index (κ1) is 30.2. The molecule has 9 rings (SSSR count). The number of hydrogen-bond acceptors (Lipinski definition) is 9. The van der Waals surface area contributed by atoms with Crippen molar-refractivity contribution >= 4 is 51.4 Å². The van der Waals surface area contributed by atoms with E-state index in [4.69, 9.17) is 26.1 Å². The number of nitrogens with one attached hydrogen (secondary N) is 2. The van der Waals surface area contributed by atoms with E-state index in [1.807, 2.05) is 17.9 Å². The van der Waals surface area contributed by atoms with Gasteiger partial charge in [-0.2, -0.15) is 15.1 Å². The van der Waals surface area contributed by atoms with Gasteiger partial charge in [0.15, 0.2) is 5.82 Å². The molecule has 3 aromatic heterocycles. The van der Waals surface area contributed by atoms with Crippen LogP contribution < -0.4 is 15.0 Å². The molecule has 5 aliphatic heterocycles. The lowest BCUT2D eigenvalue weighted by molar-refractivity contribution is 0.107. The first-order valence-corrected chi connectivity index (χ1v) is 16.5. The topological polar surface area (TPSA) is 121 Å². The Hall–Kier alpha value is -4.10. The number of alkyl halides is 1. The highest BCUT2D eigenvalue weighted by molar-refractivity contribution is 6.33. The molecule has 8 heterocycles. The SMILES string of the molecule is C[C@@]12CCCN(C1)c1nc(OC[C@@]34CCCN3C[C@H](F)C4)nc3c(F)c(ncc13)-c1c(c(Cl)cc3[nH]ncc13)/C=C\CCOC(=O)N2. The molecule has 14 heteroatoms. The van der Waals surface area contributed by atoms with Crippen LogP contribution in [0, 0.1) is 5.82 Å². The summed E-state index contributed by atoms with van der Waals surface area (Å²) in [5.74, 6) is -0.204. The van der Waals surface area contributed by atoms with Gasteiger partial charge < -0.3 is 19.7 Å². The van der Waals surface area contributed by atoms with Crippen LogP contribution >= 0.6 is 11.6 Å². The quantitative estimate of drug-likeness (QED) is 0.279. The summed E-state index contributed by atoms with van der Waals surface area (Å²) in [7, 11) is 0. The van der Waals surface area contributed by atoms with Crippen LogP contribution in [0.15, 0.2) is 24.5 Å². The average molecular weight is 665 g/mol. The molecule has 11 nitrogen and oxygen atoms in total. The van der Waals surface area contributed by atoms with Crippen LogP contribution in [0.5, 0.6) is 6.01 Å². The van der Waals surface area contributed by atoms with E-state index in [1.165, 1.54) is 0 Å². The number of rotatable bonds is 3. The number of alkyl carbamates (subject to hydrolysis) is 1. The summed E-state index contributed by atoms with van der Waals surface area (Å²) in [6.07, 6.45) is 9.42. The van der Waals surface area contributed by atoms with Crippen LogP contribution in [0.3, 0.4) is 0 Å². The zero-order valence-electron chi connectivity index (χ0n) is 26.0. The number of H-pyrrole nitrogens is 1. The molecule has 6 bridgehead atoms.